The lowest BCUT2D eigenvalue weighted by Gasteiger charge is -2.27. The number of carbonyl (C=O) groups is 2. The minimum Gasteiger partial charge on any atom is -0.378 e. The van der Waals surface area contributed by atoms with Crippen molar-refractivity contribution in [1.82, 2.24) is 4.90 Å². The van der Waals surface area contributed by atoms with E-state index in [9.17, 15) is 18.0 Å². The third-order valence-corrected chi connectivity index (χ3v) is 7.06. The molecule has 0 unspecified atom stereocenters. The molecule has 0 N–H and O–H groups in total. The molecular formula is C18H23BrN2O5S. The molecule has 2 aliphatic heterocycles. The normalized spacial score (nSPS) is 17.1. The second-order valence-electron chi connectivity index (χ2n) is 6.62. The van der Waals surface area contributed by atoms with Crippen LogP contribution in [0.2, 0.25) is 0 Å². The second kappa shape index (κ2) is 8.28. The van der Waals surface area contributed by atoms with E-state index in [-0.39, 0.29) is 28.9 Å². The number of anilines is 1. The Balaban J connectivity index is 1.84. The van der Waals surface area contributed by atoms with Gasteiger partial charge in [-0.1, -0.05) is 22.9 Å². The van der Waals surface area contributed by atoms with E-state index in [0.717, 1.165) is 5.56 Å². The molecule has 1 aromatic carbocycles. The molecule has 3 rings (SSSR count). The Morgan fingerprint density at radius 2 is 1.85 bits per heavy atom. The fraction of sp³-hybridized carbons (Fsp3) is 0.556. The molecule has 0 bridgehead atoms. The van der Waals surface area contributed by atoms with Crippen molar-refractivity contribution in [2.24, 2.45) is 0 Å². The molecule has 7 nitrogen and oxygen atoms in total. The molecule has 27 heavy (non-hydrogen) atoms. The van der Waals surface area contributed by atoms with Crippen molar-refractivity contribution in [3.8, 4) is 0 Å². The van der Waals surface area contributed by atoms with Gasteiger partial charge < -0.3 is 14.5 Å². The molecule has 2 aliphatic rings. The Hall–Kier alpha value is -1.45. The molecule has 1 fully saturated rings. The van der Waals surface area contributed by atoms with E-state index < -0.39 is 9.84 Å². The van der Waals surface area contributed by atoms with Crippen LogP contribution >= 0.6 is 15.9 Å². The van der Waals surface area contributed by atoms with Gasteiger partial charge in [-0.05, 0) is 24.1 Å². The predicted molar refractivity (Wildman–Crippen MR) is 105 cm³/mol. The Kier molecular flexibility index (Phi) is 6.22. The molecule has 1 saturated heterocycles. The standard InChI is InChI=1S/C18H23BrN2O5S/c1-2-16(22)21-5-3-13-11-14(19)12-15(18(13)21)27(24,25)10-4-17(23)20-6-8-26-9-7-20/h11-12H,2-10H2,1H3. The van der Waals surface area contributed by atoms with Crippen LogP contribution in [0.5, 0.6) is 0 Å². The molecule has 2 amide bonds. The number of sulfone groups is 1. The zero-order valence-electron chi connectivity index (χ0n) is 15.2. The summed E-state index contributed by atoms with van der Waals surface area (Å²) >= 11 is 3.37. The zero-order valence-corrected chi connectivity index (χ0v) is 17.6. The second-order valence-corrected chi connectivity index (χ2v) is 9.62. The van der Waals surface area contributed by atoms with Crippen LogP contribution in [0.25, 0.3) is 0 Å². The summed E-state index contributed by atoms with van der Waals surface area (Å²) in [5.74, 6) is -0.563. The molecule has 2 heterocycles. The summed E-state index contributed by atoms with van der Waals surface area (Å²) in [5, 5.41) is 0. The van der Waals surface area contributed by atoms with Gasteiger partial charge in [0.1, 0.15) is 0 Å². The Morgan fingerprint density at radius 1 is 1.15 bits per heavy atom. The summed E-state index contributed by atoms with van der Waals surface area (Å²) in [6.45, 7) is 4.17. The Morgan fingerprint density at radius 3 is 2.52 bits per heavy atom. The van der Waals surface area contributed by atoms with E-state index in [1.54, 1.807) is 16.7 Å². The first kappa shape index (κ1) is 20.3. The summed E-state index contributed by atoms with van der Waals surface area (Å²) in [6, 6.07) is 3.39. The van der Waals surface area contributed by atoms with Gasteiger partial charge in [-0.25, -0.2) is 8.42 Å². The highest BCUT2D eigenvalue weighted by Gasteiger charge is 2.32. The summed E-state index contributed by atoms with van der Waals surface area (Å²) in [4.78, 5) is 27.9. The van der Waals surface area contributed by atoms with Gasteiger partial charge >= 0.3 is 0 Å². The lowest BCUT2D eigenvalue weighted by atomic mass is 10.2. The molecule has 0 saturated carbocycles. The largest absolute Gasteiger partial charge is 0.378 e. The highest BCUT2D eigenvalue weighted by molar-refractivity contribution is 9.10. The first-order chi connectivity index (χ1) is 12.8. The number of ether oxygens (including phenoxy) is 1. The third-order valence-electron chi connectivity index (χ3n) is 4.88. The molecule has 0 atom stereocenters. The van der Waals surface area contributed by atoms with Crippen LogP contribution in [0.1, 0.15) is 25.3 Å². The van der Waals surface area contributed by atoms with Gasteiger partial charge in [-0.15, -0.1) is 0 Å². The van der Waals surface area contributed by atoms with Gasteiger partial charge in [-0.3, -0.25) is 9.59 Å². The number of carbonyl (C=O) groups excluding carboxylic acids is 2. The number of fused-ring (bicyclic) bond motifs is 1. The van der Waals surface area contributed by atoms with Gasteiger partial charge in [0.15, 0.2) is 9.84 Å². The molecule has 0 aliphatic carbocycles. The highest BCUT2D eigenvalue weighted by Crippen LogP contribution is 2.38. The highest BCUT2D eigenvalue weighted by atomic mass is 79.9. The number of morpholine rings is 1. The molecule has 1 aromatic rings. The maximum absolute atomic E-state index is 13.0. The molecule has 148 valence electrons. The third kappa shape index (κ3) is 4.35. The van der Waals surface area contributed by atoms with E-state index >= 15 is 0 Å². The maximum atomic E-state index is 13.0. The number of nitrogens with zero attached hydrogens (tertiary/aromatic N) is 2. The number of rotatable bonds is 5. The molecular weight excluding hydrogens is 436 g/mol. The van der Waals surface area contributed by atoms with Gasteiger partial charge in [0.25, 0.3) is 0 Å². The van der Waals surface area contributed by atoms with Crippen molar-refractivity contribution in [1.29, 1.82) is 0 Å². The number of halogens is 1. The van der Waals surface area contributed by atoms with Gasteiger partial charge in [0.2, 0.25) is 11.8 Å². The van der Waals surface area contributed by atoms with Crippen molar-refractivity contribution >= 4 is 43.3 Å². The Bertz CT molecular complexity index is 850. The van der Waals surface area contributed by atoms with Crippen molar-refractivity contribution in [3.63, 3.8) is 0 Å². The first-order valence-electron chi connectivity index (χ1n) is 9.04. The quantitative estimate of drug-likeness (QED) is 0.671. The number of benzene rings is 1. The van der Waals surface area contributed by atoms with E-state index in [0.29, 0.717) is 55.8 Å². The number of hydrogen-bond acceptors (Lipinski definition) is 5. The summed E-state index contributed by atoms with van der Waals surface area (Å²) < 4.78 is 31.9. The van der Waals surface area contributed by atoms with Gasteiger partial charge in [-0.2, -0.15) is 0 Å². The average molecular weight is 459 g/mol. The summed E-state index contributed by atoms with van der Waals surface area (Å²) in [5.41, 5.74) is 1.31. The van der Waals surface area contributed by atoms with Crippen LogP contribution in [-0.2, 0) is 30.6 Å². The maximum Gasteiger partial charge on any atom is 0.226 e. The van der Waals surface area contributed by atoms with Crippen molar-refractivity contribution in [2.75, 3.05) is 43.5 Å². The van der Waals surface area contributed by atoms with Crippen LogP contribution in [0.3, 0.4) is 0 Å². The lowest BCUT2D eigenvalue weighted by molar-refractivity contribution is -0.134. The smallest absolute Gasteiger partial charge is 0.226 e. The molecule has 9 heteroatoms. The molecule has 0 spiro atoms. The fourth-order valence-electron chi connectivity index (χ4n) is 3.45. The minimum atomic E-state index is -3.72. The van der Waals surface area contributed by atoms with Gasteiger partial charge in [0, 0.05) is 36.9 Å². The summed E-state index contributed by atoms with van der Waals surface area (Å²) in [7, 11) is -3.72. The Labute approximate surface area is 167 Å². The van der Waals surface area contributed by atoms with Crippen LogP contribution < -0.4 is 4.90 Å². The average Bonchev–Trinajstić information content (AvgIpc) is 3.09. The van der Waals surface area contributed by atoms with E-state index in [2.05, 4.69) is 15.9 Å². The van der Waals surface area contributed by atoms with E-state index in [1.165, 1.54) is 6.07 Å². The van der Waals surface area contributed by atoms with Crippen LogP contribution in [-0.4, -0.2) is 63.7 Å². The molecule has 0 radical (unpaired) electrons. The van der Waals surface area contributed by atoms with Crippen molar-refractivity contribution in [2.45, 2.75) is 31.1 Å². The monoisotopic (exact) mass is 458 g/mol. The van der Waals surface area contributed by atoms with Crippen LogP contribution in [0.4, 0.5) is 5.69 Å². The van der Waals surface area contributed by atoms with E-state index in [1.807, 2.05) is 6.07 Å². The number of hydrogen-bond donors (Lipinski definition) is 0. The number of amides is 2. The van der Waals surface area contributed by atoms with Gasteiger partial charge in [0.05, 0.1) is 29.5 Å². The zero-order chi connectivity index (χ0) is 19.6. The molecule has 0 aromatic heterocycles. The van der Waals surface area contributed by atoms with Crippen LogP contribution in [0.15, 0.2) is 21.5 Å². The minimum absolute atomic E-state index is 0.0780. The SMILES string of the molecule is CCC(=O)N1CCc2cc(Br)cc(S(=O)(=O)CCC(=O)N3CCOCC3)c21. The predicted octanol–water partition coefficient (Wildman–Crippen LogP) is 1.77. The summed E-state index contributed by atoms with van der Waals surface area (Å²) in [6.07, 6.45) is 0.853. The van der Waals surface area contributed by atoms with Crippen molar-refractivity contribution in [3.05, 3.63) is 22.2 Å². The topological polar surface area (TPSA) is 84.0 Å². The fourth-order valence-corrected chi connectivity index (χ4v) is 5.61. The van der Waals surface area contributed by atoms with E-state index in [4.69, 9.17) is 4.74 Å². The van der Waals surface area contributed by atoms with Crippen LogP contribution in [0, 0.1) is 0 Å². The lowest BCUT2D eigenvalue weighted by Crippen LogP contribution is -2.41. The van der Waals surface area contributed by atoms with Crippen molar-refractivity contribution < 1.29 is 22.7 Å². The first-order valence-corrected chi connectivity index (χ1v) is 11.5.